The molecule has 0 aromatic carbocycles. The summed E-state index contributed by atoms with van der Waals surface area (Å²) in [6, 6.07) is 0.0919. The lowest BCUT2D eigenvalue weighted by molar-refractivity contribution is 0.193. The van der Waals surface area contributed by atoms with Crippen molar-refractivity contribution in [3.63, 3.8) is 0 Å². The molecule has 2 aromatic heterocycles. The number of aromatic nitrogens is 4. The number of aromatic amines is 1. The predicted molar refractivity (Wildman–Crippen MR) is 53.1 cm³/mol. The summed E-state index contributed by atoms with van der Waals surface area (Å²) in [5.41, 5.74) is 1.50. The third-order valence-corrected chi connectivity index (χ3v) is 2.62. The fourth-order valence-corrected chi connectivity index (χ4v) is 1.87. The van der Waals surface area contributed by atoms with Crippen molar-refractivity contribution in [2.24, 2.45) is 0 Å². The minimum atomic E-state index is -0.283. The molecule has 1 fully saturated rings. The number of aliphatic hydroxyl groups is 1. The van der Waals surface area contributed by atoms with Crippen LogP contribution in [0.2, 0.25) is 0 Å². The van der Waals surface area contributed by atoms with Crippen LogP contribution in [0, 0.1) is 0 Å². The molecule has 2 atom stereocenters. The number of nitrogens with zero attached hydrogens (tertiary/aromatic N) is 3. The molecule has 15 heavy (non-hydrogen) atoms. The van der Waals surface area contributed by atoms with Crippen molar-refractivity contribution < 1.29 is 5.11 Å². The van der Waals surface area contributed by atoms with E-state index in [0.29, 0.717) is 18.6 Å². The van der Waals surface area contributed by atoms with E-state index in [-0.39, 0.29) is 12.1 Å². The zero-order valence-electron chi connectivity index (χ0n) is 8.01. The summed E-state index contributed by atoms with van der Waals surface area (Å²) in [6.45, 7) is 0.618. The number of nitrogens with one attached hydrogen (secondary N) is 2. The second-order valence-electron chi connectivity index (χ2n) is 3.73. The first-order valence-electron chi connectivity index (χ1n) is 4.90. The fraction of sp³-hybridized carbons (Fsp3) is 0.444. The van der Waals surface area contributed by atoms with Gasteiger partial charge in [0.15, 0.2) is 5.65 Å². The molecule has 3 N–H and O–H groups in total. The molecule has 2 unspecified atom stereocenters. The molecule has 0 bridgehead atoms. The Bertz CT molecular complexity index is 449. The molecular weight excluding hydrogens is 194 g/mol. The van der Waals surface area contributed by atoms with Gasteiger partial charge in [0, 0.05) is 6.54 Å². The first kappa shape index (κ1) is 8.75. The van der Waals surface area contributed by atoms with Gasteiger partial charge in [-0.05, 0) is 6.42 Å². The highest BCUT2D eigenvalue weighted by molar-refractivity contribution is 5.68. The third kappa shape index (κ3) is 1.47. The van der Waals surface area contributed by atoms with Crippen LogP contribution in [0.4, 0.5) is 0 Å². The van der Waals surface area contributed by atoms with Crippen LogP contribution in [0.15, 0.2) is 12.5 Å². The van der Waals surface area contributed by atoms with Crippen molar-refractivity contribution in [3.05, 3.63) is 18.3 Å². The number of β-amino-alcohol motifs (C(OH)–C–C–N with tert-alkyl or cyclic N) is 1. The summed E-state index contributed by atoms with van der Waals surface area (Å²) in [5.74, 6) is 0.821. The molecule has 6 heteroatoms. The maximum absolute atomic E-state index is 9.40. The van der Waals surface area contributed by atoms with E-state index in [4.69, 9.17) is 0 Å². The van der Waals surface area contributed by atoms with Gasteiger partial charge in [-0.2, -0.15) is 0 Å². The van der Waals surface area contributed by atoms with E-state index in [2.05, 4.69) is 25.3 Å². The fourth-order valence-electron chi connectivity index (χ4n) is 1.87. The number of hydrogen-bond donors (Lipinski definition) is 3. The van der Waals surface area contributed by atoms with Crippen molar-refractivity contribution in [2.75, 3.05) is 6.54 Å². The molecule has 3 heterocycles. The van der Waals surface area contributed by atoms with E-state index >= 15 is 0 Å². The number of hydrogen-bond acceptors (Lipinski definition) is 5. The van der Waals surface area contributed by atoms with Gasteiger partial charge in [0.25, 0.3) is 0 Å². The van der Waals surface area contributed by atoms with Crippen LogP contribution in [-0.2, 0) is 0 Å². The number of imidazole rings is 1. The minimum Gasteiger partial charge on any atom is -0.392 e. The molecule has 3 rings (SSSR count). The van der Waals surface area contributed by atoms with E-state index in [1.165, 1.54) is 6.33 Å². The lowest BCUT2D eigenvalue weighted by atomic mass is 10.2. The zero-order chi connectivity index (χ0) is 10.3. The monoisotopic (exact) mass is 205 g/mol. The second-order valence-corrected chi connectivity index (χ2v) is 3.73. The summed E-state index contributed by atoms with van der Waals surface area (Å²) in [6.07, 6.45) is 3.58. The maximum atomic E-state index is 9.40. The van der Waals surface area contributed by atoms with E-state index in [9.17, 15) is 5.11 Å². The Hall–Kier alpha value is -1.53. The van der Waals surface area contributed by atoms with Crippen molar-refractivity contribution >= 4 is 11.2 Å². The number of aliphatic hydroxyl groups excluding tert-OH is 1. The lowest BCUT2D eigenvalue weighted by Crippen LogP contribution is -2.15. The molecular formula is C9H11N5O. The average Bonchev–Trinajstić information content (AvgIpc) is 2.82. The van der Waals surface area contributed by atoms with Gasteiger partial charge in [-0.3, -0.25) is 0 Å². The Morgan fingerprint density at radius 1 is 1.47 bits per heavy atom. The van der Waals surface area contributed by atoms with Gasteiger partial charge < -0.3 is 15.4 Å². The summed E-state index contributed by atoms with van der Waals surface area (Å²) in [5, 5.41) is 12.6. The van der Waals surface area contributed by atoms with Crippen LogP contribution < -0.4 is 5.32 Å². The van der Waals surface area contributed by atoms with Crippen molar-refractivity contribution in [2.45, 2.75) is 18.6 Å². The van der Waals surface area contributed by atoms with Crippen LogP contribution in [0.5, 0.6) is 0 Å². The SMILES string of the molecule is OC1CNC(c2nc3ncncc3[nH]2)C1. The molecule has 0 radical (unpaired) electrons. The first-order chi connectivity index (χ1) is 7.33. The largest absolute Gasteiger partial charge is 0.392 e. The van der Waals surface area contributed by atoms with Gasteiger partial charge in [0.2, 0.25) is 0 Å². The van der Waals surface area contributed by atoms with Gasteiger partial charge in [-0.1, -0.05) is 0 Å². The van der Waals surface area contributed by atoms with Crippen molar-refractivity contribution in [1.82, 2.24) is 25.3 Å². The molecule has 0 spiro atoms. The molecule has 1 saturated heterocycles. The summed E-state index contributed by atoms with van der Waals surface area (Å²) >= 11 is 0. The van der Waals surface area contributed by atoms with Crippen LogP contribution in [0.3, 0.4) is 0 Å². The summed E-state index contributed by atoms with van der Waals surface area (Å²) < 4.78 is 0. The van der Waals surface area contributed by atoms with Gasteiger partial charge >= 0.3 is 0 Å². The van der Waals surface area contributed by atoms with Gasteiger partial charge in [0.05, 0.1) is 18.3 Å². The number of fused-ring (bicyclic) bond motifs is 1. The zero-order valence-corrected chi connectivity index (χ0v) is 8.01. The number of rotatable bonds is 1. The Balaban J connectivity index is 1.98. The van der Waals surface area contributed by atoms with Crippen LogP contribution in [-0.4, -0.2) is 37.7 Å². The summed E-state index contributed by atoms with van der Waals surface area (Å²) in [4.78, 5) is 15.5. The van der Waals surface area contributed by atoms with E-state index in [1.54, 1.807) is 6.20 Å². The molecule has 1 aliphatic rings. The van der Waals surface area contributed by atoms with Gasteiger partial charge in [0.1, 0.15) is 17.7 Å². The molecule has 1 aliphatic heterocycles. The quantitative estimate of drug-likeness (QED) is 0.597. The predicted octanol–water partition coefficient (Wildman–Crippen LogP) is -0.252. The van der Waals surface area contributed by atoms with Gasteiger partial charge in [-0.15, -0.1) is 0 Å². The van der Waals surface area contributed by atoms with E-state index in [0.717, 1.165) is 11.3 Å². The molecule has 2 aromatic rings. The van der Waals surface area contributed by atoms with E-state index < -0.39 is 0 Å². The third-order valence-electron chi connectivity index (χ3n) is 2.62. The highest BCUT2D eigenvalue weighted by Gasteiger charge is 2.25. The highest BCUT2D eigenvalue weighted by atomic mass is 16.3. The maximum Gasteiger partial charge on any atom is 0.180 e. The van der Waals surface area contributed by atoms with Crippen molar-refractivity contribution in [1.29, 1.82) is 0 Å². The Kier molecular flexibility index (Phi) is 1.90. The van der Waals surface area contributed by atoms with Crippen LogP contribution in [0.25, 0.3) is 11.2 Å². The molecule has 0 amide bonds. The van der Waals surface area contributed by atoms with Gasteiger partial charge in [-0.25, -0.2) is 15.0 Å². The standard InChI is InChI=1S/C9H11N5O/c15-5-1-6(11-2-5)9-13-7-3-10-4-12-8(7)14-9/h3-6,11,15H,1-2H2,(H,10,12,13,14). The first-order valence-corrected chi connectivity index (χ1v) is 4.90. The highest BCUT2D eigenvalue weighted by Crippen LogP contribution is 2.22. The molecule has 6 nitrogen and oxygen atoms in total. The Labute approximate surface area is 85.8 Å². The van der Waals surface area contributed by atoms with Crippen LogP contribution >= 0.6 is 0 Å². The minimum absolute atomic E-state index is 0.0919. The summed E-state index contributed by atoms with van der Waals surface area (Å²) in [7, 11) is 0. The lowest BCUT2D eigenvalue weighted by Gasteiger charge is -2.04. The van der Waals surface area contributed by atoms with Crippen LogP contribution in [0.1, 0.15) is 18.3 Å². The normalized spacial score (nSPS) is 26.2. The van der Waals surface area contributed by atoms with Crippen molar-refractivity contribution in [3.8, 4) is 0 Å². The topological polar surface area (TPSA) is 86.7 Å². The number of H-pyrrole nitrogens is 1. The Morgan fingerprint density at radius 2 is 2.40 bits per heavy atom. The Morgan fingerprint density at radius 3 is 3.13 bits per heavy atom. The molecule has 78 valence electrons. The molecule has 0 saturated carbocycles. The smallest absolute Gasteiger partial charge is 0.180 e. The average molecular weight is 205 g/mol. The van der Waals surface area contributed by atoms with E-state index in [1.807, 2.05) is 0 Å². The second kappa shape index (κ2) is 3.25. The molecule has 0 aliphatic carbocycles.